The molecule has 1 aliphatic heterocycles. The standard InChI is InChI=1S/C13H17NO4S2/c1-19-12-4-2-11(3-5-12)18-8-13(15)14-10-6-7-20(16,17)9-10/h2-5,10H,6-9H2,1H3,(H,14,15). The molecule has 0 bridgehead atoms. The molecule has 1 fully saturated rings. The zero-order chi connectivity index (χ0) is 14.6. The fraction of sp³-hybridized carbons (Fsp3) is 0.462. The van der Waals surface area contributed by atoms with E-state index in [1.807, 2.05) is 18.4 Å². The van der Waals surface area contributed by atoms with Gasteiger partial charge >= 0.3 is 0 Å². The van der Waals surface area contributed by atoms with Gasteiger partial charge in [0, 0.05) is 10.9 Å². The summed E-state index contributed by atoms with van der Waals surface area (Å²) in [4.78, 5) is 12.8. The Labute approximate surface area is 123 Å². The van der Waals surface area contributed by atoms with Gasteiger partial charge in [-0.1, -0.05) is 0 Å². The third-order valence-electron chi connectivity index (χ3n) is 3.03. The second kappa shape index (κ2) is 6.49. The Morgan fingerprint density at radius 2 is 2.10 bits per heavy atom. The van der Waals surface area contributed by atoms with Gasteiger partial charge in [0.15, 0.2) is 16.4 Å². The number of hydrogen-bond donors (Lipinski definition) is 1. The van der Waals surface area contributed by atoms with Crippen molar-refractivity contribution in [2.24, 2.45) is 0 Å². The molecule has 0 aliphatic carbocycles. The fourth-order valence-corrected chi connectivity index (χ4v) is 4.08. The normalized spacial score (nSPS) is 20.6. The number of carbonyl (C=O) groups excluding carboxylic acids is 1. The number of rotatable bonds is 5. The second-order valence-corrected chi connectivity index (χ2v) is 7.74. The van der Waals surface area contributed by atoms with Crippen molar-refractivity contribution < 1.29 is 17.9 Å². The Hall–Kier alpha value is -1.21. The van der Waals surface area contributed by atoms with Crippen molar-refractivity contribution >= 4 is 27.5 Å². The number of carbonyl (C=O) groups is 1. The number of thioether (sulfide) groups is 1. The minimum atomic E-state index is -2.97. The van der Waals surface area contributed by atoms with Gasteiger partial charge in [0.05, 0.1) is 11.5 Å². The first-order valence-corrected chi connectivity index (χ1v) is 9.30. The highest BCUT2D eigenvalue weighted by Crippen LogP contribution is 2.18. The molecular formula is C13H17NO4S2. The van der Waals surface area contributed by atoms with Crippen LogP contribution in [-0.4, -0.2) is 44.7 Å². The molecule has 1 unspecified atom stereocenters. The lowest BCUT2D eigenvalue weighted by molar-refractivity contribution is -0.123. The van der Waals surface area contributed by atoms with E-state index in [9.17, 15) is 13.2 Å². The Kier molecular flexibility index (Phi) is 4.93. The summed E-state index contributed by atoms with van der Waals surface area (Å²) >= 11 is 1.63. The molecular weight excluding hydrogens is 298 g/mol. The van der Waals surface area contributed by atoms with Crippen LogP contribution < -0.4 is 10.1 Å². The number of nitrogens with one attached hydrogen (secondary N) is 1. The highest BCUT2D eigenvalue weighted by atomic mass is 32.2. The number of benzene rings is 1. The van der Waals surface area contributed by atoms with E-state index in [0.717, 1.165) is 4.90 Å². The van der Waals surface area contributed by atoms with Crippen LogP contribution in [0.2, 0.25) is 0 Å². The number of sulfone groups is 1. The van der Waals surface area contributed by atoms with Crippen LogP contribution in [0, 0.1) is 0 Å². The maximum absolute atomic E-state index is 11.7. The van der Waals surface area contributed by atoms with Crippen molar-refractivity contribution in [3.8, 4) is 5.75 Å². The minimum absolute atomic E-state index is 0.0289. The Balaban J connectivity index is 1.77. The molecule has 1 aromatic carbocycles. The summed E-state index contributed by atoms with van der Waals surface area (Å²) < 4.78 is 27.9. The molecule has 5 nitrogen and oxygen atoms in total. The van der Waals surface area contributed by atoms with Crippen molar-refractivity contribution in [1.82, 2.24) is 5.32 Å². The quantitative estimate of drug-likeness (QED) is 0.824. The summed E-state index contributed by atoms with van der Waals surface area (Å²) in [5, 5.41) is 2.68. The predicted octanol–water partition coefficient (Wildman–Crippen LogP) is 1.09. The molecule has 0 spiro atoms. The average Bonchev–Trinajstić information content (AvgIpc) is 2.76. The van der Waals surface area contributed by atoms with E-state index in [1.54, 1.807) is 23.9 Å². The highest BCUT2D eigenvalue weighted by molar-refractivity contribution is 7.98. The van der Waals surface area contributed by atoms with E-state index in [0.29, 0.717) is 12.2 Å². The van der Waals surface area contributed by atoms with Gasteiger partial charge in [0.2, 0.25) is 0 Å². The van der Waals surface area contributed by atoms with Crippen molar-refractivity contribution in [2.75, 3.05) is 24.4 Å². The summed E-state index contributed by atoms with van der Waals surface area (Å²) in [7, 11) is -2.97. The molecule has 0 saturated carbocycles. The SMILES string of the molecule is CSc1ccc(OCC(=O)NC2CCS(=O)(=O)C2)cc1. The van der Waals surface area contributed by atoms with Crippen molar-refractivity contribution in [1.29, 1.82) is 0 Å². The number of ether oxygens (including phenoxy) is 1. The fourth-order valence-electron chi connectivity index (χ4n) is 2.00. The smallest absolute Gasteiger partial charge is 0.258 e. The highest BCUT2D eigenvalue weighted by Gasteiger charge is 2.28. The van der Waals surface area contributed by atoms with Crippen molar-refractivity contribution in [3.63, 3.8) is 0 Å². The van der Waals surface area contributed by atoms with Crippen LogP contribution in [0.4, 0.5) is 0 Å². The van der Waals surface area contributed by atoms with Gasteiger partial charge < -0.3 is 10.1 Å². The largest absolute Gasteiger partial charge is 0.484 e. The lowest BCUT2D eigenvalue weighted by Gasteiger charge is -2.11. The summed E-state index contributed by atoms with van der Waals surface area (Å²) in [6.07, 6.45) is 2.47. The second-order valence-electron chi connectivity index (χ2n) is 4.63. The molecule has 1 heterocycles. The molecule has 1 atom stereocenters. The van der Waals surface area contributed by atoms with Crippen molar-refractivity contribution in [2.45, 2.75) is 17.4 Å². The van der Waals surface area contributed by atoms with Gasteiger partial charge in [-0.15, -0.1) is 11.8 Å². The van der Waals surface area contributed by atoms with Gasteiger partial charge in [-0.3, -0.25) is 4.79 Å². The molecule has 1 amide bonds. The van der Waals surface area contributed by atoms with Gasteiger partial charge in [0.1, 0.15) is 5.75 Å². The van der Waals surface area contributed by atoms with Gasteiger partial charge in [-0.2, -0.15) is 0 Å². The molecule has 1 N–H and O–H groups in total. The molecule has 7 heteroatoms. The lowest BCUT2D eigenvalue weighted by atomic mass is 10.2. The average molecular weight is 315 g/mol. The molecule has 110 valence electrons. The first kappa shape index (κ1) is 15.2. The summed E-state index contributed by atoms with van der Waals surface area (Å²) in [6.45, 7) is -0.102. The molecule has 1 saturated heterocycles. The maximum atomic E-state index is 11.7. The predicted molar refractivity (Wildman–Crippen MR) is 78.9 cm³/mol. The molecule has 1 aromatic rings. The molecule has 1 aliphatic rings. The molecule has 2 rings (SSSR count). The molecule has 20 heavy (non-hydrogen) atoms. The van der Waals surface area contributed by atoms with Crippen LogP contribution in [0.1, 0.15) is 6.42 Å². The Morgan fingerprint density at radius 3 is 2.65 bits per heavy atom. The molecule has 0 radical (unpaired) electrons. The van der Waals surface area contributed by atoms with Crippen LogP contribution in [-0.2, 0) is 14.6 Å². The van der Waals surface area contributed by atoms with E-state index in [2.05, 4.69) is 5.32 Å². The zero-order valence-corrected chi connectivity index (χ0v) is 12.8. The van der Waals surface area contributed by atoms with E-state index in [-0.39, 0.29) is 30.1 Å². The van der Waals surface area contributed by atoms with E-state index >= 15 is 0 Å². The Morgan fingerprint density at radius 1 is 1.40 bits per heavy atom. The van der Waals surface area contributed by atoms with E-state index < -0.39 is 9.84 Å². The lowest BCUT2D eigenvalue weighted by Crippen LogP contribution is -2.38. The van der Waals surface area contributed by atoms with Crippen LogP contribution in [0.5, 0.6) is 5.75 Å². The van der Waals surface area contributed by atoms with Crippen LogP contribution in [0.25, 0.3) is 0 Å². The van der Waals surface area contributed by atoms with Crippen LogP contribution >= 0.6 is 11.8 Å². The van der Waals surface area contributed by atoms with E-state index in [4.69, 9.17) is 4.74 Å². The Bertz CT molecular complexity index is 569. The monoisotopic (exact) mass is 315 g/mol. The third-order valence-corrected chi connectivity index (χ3v) is 5.54. The van der Waals surface area contributed by atoms with Crippen LogP contribution in [0.3, 0.4) is 0 Å². The van der Waals surface area contributed by atoms with Gasteiger partial charge in [-0.25, -0.2) is 8.42 Å². The van der Waals surface area contributed by atoms with E-state index in [1.165, 1.54) is 0 Å². The minimum Gasteiger partial charge on any atom is -0.484 e. The molecule has 0 aromatic heterocycles. The first-order chi connectivity index (χ1) is 9.48. The summed E-state index contributed by atoms with van der Waals surface area (Å²) in [5.74, 6) is 0.508. The van der Waals surface area contributed by atoms with Gasteiger partial charge in [0.25, 0.3) is 5.91 Å². The topological polar surface area (TPSA) is 72.5 Å². The zero-order valence-electron chi connectivity index (χ0n) is 11.2. The van der Waals surface area contributed by atoms with Gasteiger partial charge in [-0.05, 0) is 36.9 Å². The first-order valence-electron chi connectivity index (χ1n) is 6.25. The number of hydrogen-bond acceptors (Lipinski definition) is 5. The third kappa shape index (κ3) is 4.42. The van der Waals surface area contributed by atoms with Crippen LogP contribution in [0.15, 0.2) is 29.2 Å². The van der Waals surface area contributed by atoms with Crippen molar-refractivity contribution in [3.05, 3.63) is 24.3 Å². The summed E-state index contributed by atoms with van der Waals surface area (Å²) in [5.41, 5.74) is 0. The maximum Gasteiger partial charge on any atom is 0.258 e. The summed E-state index contributed by atoms with van der Waals surface area (Å²) in [6, 6.07) is 7.16. The number of amides is 1.